The molecule has 4 heteroatoms. The van der Waals surface area contributed by atoms with Crippen molar-refractivity contribution in [2.45, 2.75) is 56.9 Å². The molecule has 0 saturated heterocycles. The Hall–Kier alpha value is -1.16. The molecule has 2 rings (SSSR count). The van der Waals surface area contributed by atoms with Gasteiger partial charge in [0, 0.05) is 11.8 Å². The lowest BCUT2D eigenvalue weighted by Crippen LogP contribution is -2.38. The predicted octanol–water partition coefficient (Wildman–Crippen LogP) is 3.51. The fraction of sp³-hybridized carbons (Fsp3) is 0.588. The van der Waals surface area contributed by atoms with Gasteiger partial charge in [0.05, 0.1) is 21.3 Å². The van der Waals surface area contributed by atoms with E-state index in [0.717, 1.165) is 18.8 Å². The number of benzene rings is 1. The van der Waals surface area contributed by atoms with E-state index in [1.165, 1.54) is 19.3 Å². The molecule has 1 amide bonds. The second-order valence-corrected chi connectivity index (χ2v) is 7.44. The van der Waals surface area contributed by atoms with E-state index in [2.05, 4.69) is 12.2 Å². The first-order valence-electron chi connectivity index (χ1n) is 7.94. The van der Waals surface area contributed by atoms with Gasteiger partial charge in [0.1, 0.15) is 0 Å². The zero-order valence-electron chi connectivity index (χ0n) is 12.9. The van der Waals surface area contributed by atoms with Gasteiger partial charge in [-0.2, -0.15) is 0 Å². The maximum absolute atomic E-state index is 12.5. The lowest BCUT2D eigenvalue weighted by molar-refractivity contribution is 0.0918. The predicted molar refractivity (Wildman–Crippen MR) is 86.9 cm³/mol. The van der Waals surface area contributed by atoms with Gasteiger partial charge in [0.15, 0.2) is 0 Å². The molecule has 1 aromatic carbocycles. The molecule has 1 N–H and O–H groups in total. The molecule has 1 aliphatic rings. The Labute approximate surface area is 130 Å². The number of nitrogens with one attached hydrogen (secondary N) is 1. The summed E-state index contributed by atoms with van der Waals surface area (Å²) in [4.78, 5) is 13.1. The number of carbonyl (C=O) groups is 1. The van der Waals surface area contributed by atoms with Crippen LogP contribution in [0.15, 0.2) is 29.2 Å². The van der Waals surface area contributed by atoms with Gasteiger partial charge < -0.3 is 5.32 Å². The quantitative estimate of drug-likeness (QED) is 0.905. The summed E-state index contributed by atoms with van der Waals surface area (Å²) in [6.45, 7) is 4.11. The van der Waals surface area contributed by atoms with Gasteiger partial charge in [-0.25, -0.2) is 0 Å². The molecule has 0 spiro atoms. The van der Waals surface area contributed by atoms with Gasteiger partial charge in [-0.05, 0) is 43.7 Å². The first-order valence-corrected chi connectivity index (χ1v) is 9.25. The molecular formula is C17H25NO2S. The standard InChI is InChI=1S/C17H25NO2S/c1-3-13-9-11-14(12-10-13)18-17(19)15-7-5-6-8-16(15)21(20)4-2/h5-8,13-14H,3-4,9-12H2,1-2H3,(H,18,19). The van der Waals surface area contributed by atoms with Crippen LogP contribution in [0, 0.1) is 5.92 Å². The van der Waals surface area contributed by atoms with Crippen molar-refractivity contribution in [3.8, 4) is 0 Å². The van der Waals surface area contributed by atoms with Crippen LogP contribution in [0.2, 0.25) is 0 Å². The van der Waals surface area contributed by atoms with Crippen molar-refractivity contribution in [2.24, 2.45) is 5.92 Å². The monoisotopic (exact) mass is 307 g/mol. The lowest BCUT2D eigenvalue weighted by Gasteiger charge is -2.28. The Morgan fingerprint density at radius 3 is 2.48 bits per heavy atom. The topological polar surface area (TPSA) is 46.2 Å². The maximum atomic E-state index is 12.5. The third-order valence-corrected chi connectivity index (χ3v) is 5.77. The molecule has 0 aromatic heterocycles. The average molecular weight is 307 g/mol. The highest BCUT2D eigenvalue weighted by atomic mass is 32.2. The van der Waals surface area contributed by atoms with Crippen molar-refractivity contribution >= 4 is 16.7 Å². The summed E-state index contributed by atoms with van der Waals surface area (Å²) in [5, 5.41) is 3.13. The Bertz CT molecular complexity index is 507. The molecule has 0 bridgehead atoms. The molecule has 21 heavy (non-hydrogen) atoms. The smallest absolute Gasteiger partial charge is 0.252 e. The third-order valence-electron chi connectivity index (χ3n) is 4.40. The second-order valence-electron chi connectivity index (χ2n) is 5.73. The van der Waals surface area contributed by atoms with E-state index in [4.69, 9.17) is 0 Å². The minimum atomic E-state index is -1.10. The molecule has 1 aliphatic carbocycles. The third kappa shape index (κ3) is 4.16. The van der Waals surface area contributed by atoms with Crippen molar-refractivity contribution in [3.05, 3.63) is 29.8 Å². The Morgan fingerprint density at radius 1 is 1.19 bits per heavy atom. The molecule has 1 saturated carbocycles. The van der Waals surface area contributed by atoms with E-state index in [1.54, 1.807) is 12.1 Å². The molecule has 1 fully saturated rings. The zero-order chi connectivity index (χ0) is 15.2. The highest BCUT2D eigenvalue weighted by Gasteiger charge is 2.23. The van der Waals surface area contributed by atoms with Crippen LogP contribution in [0.4, 0.5) is 0 Å². The molecule has 0 aliphatic heterocycles. The van der Waals surface area contributed by atoms with Crippen LogP contribution in [-0.4, -0.2) is 21.9 Å². The van der Waals surface area contributed by atoms with E-state index in [1.807, 2.05) is 19.1 Å². The van der Waals surface area contributed by atoms with Crippen LogP contribution < -0.4 is 5.32 Å². The number of hydrogen-bond acceptors (Lipinski definition) is 2. The highest BCUT2D eigenvalue weighted by molar-refractivity contribution is 7.85. The number of carbonyl (C=O) groups excluding carboxylic acids is 1. The van der Waals surface area contributed by atoms with E-state index in [9.17, 15) is 9.00 Å². The zero-order valence-corrected chi connectivity index (χ0v) is 13.7. The summed E-state index contributed by atoms with van der Waals surface area (Å²) in [5.74, 6) is 1.27. The second kappa shape index (κ2) is 7.74. The fourth-order valence-corrected chi connectivity index (χ4v) is 3.93. The summed E-state index contributed by atoms with van der Waals surface area (Å²) in [7, 11) is -1.10. The minimum Gasteiger partial charge on any atom is -0.349 e. The summed E-state index contributed by atoms with van der Waals surface area (Å²) in [5.41, 5.74) is 0.565. The summed E-state index contributed by atoms with van der Waals surface area (Å²) in [6.07, 6.45) is 5.75. The van der Waals surface area contributed by atoms with Crippen molar-refractivity contribution in [3.63, 3.8) is 0 Å². The van der Waals surface area contributed by atoms with E-state index in [0.29, 0.717) is 16.2 Å². The van der Waals surface area contributed by atoms with Gasteiger partial charge in [0.2, 0.25) is 0 Å². The minimum absolute atomic E-state index is 0.0765. The Morgan fingerprint density at radius 2 is 1.86 bits per heavy atom. The van der Waals surface area contributed by atoms with E-state index >= 15 is 0 Å². The van der Waals surface area contributed by atoms with Crippen molar-refractivity contribution in [1.29, 1.82) is 0 Å². The molecule has 0 heterocycles. The van der Waals surface area contributed by atoms with E-state index < -0.39 is 10.8 Å². The Kier molecular flexibility index (Phi) is 5.97. The van der Waals surface area contributed by atoms with Crippen molar-refractivity contribution in [2.75, 3.05) is 5.75 Å². The summed E-state index contributed by atoms with van der Waals surface area (Å²) < 4.78 is 12.0. The normalized spacial score (nSPS) is 23.5. The molecular weight excluding hydrogens is 282 g/mol. The molecule has 116 valence electrons. The molecule has 1 unspecified atom stereocenters. The van der Waals surface area contributed by atoms with Crippen LogP contribution in [0.1, 0.15) is 56.3 Å². The first-order chi connectivity index (χ1) is 10.2. The number of hydrogen-bond donors (Lipinski definition) is 1. The first kappa shape index (κ1) is 16.2. The number of amides is 1. The average Bonchev–Trinajstić information content (AvgIpc) is 2.54. The largest absolute Gasteiger partial charge is 0.349 e. The Balaban J connectivity index is 2.03. The van der Waals surface area contributed by atoms with Crippen LogP contribution in [0.5, 0.6) is 0 Å². The summed E-state index contributed by atoms with van der Waals surface area (Å²) in [6, 6.07) is 7.51. The lowest BCUT2D eigenvalue weighted by atomic mass is 9.84. The number of rotatable bonds is 5. The van der Waals surface area contributed by atoms with Gasteiger partial charge >= 0.3 is 0 Å². The van der Waals surface area contributed by atoms with E-state index in [-0.39, 0.29) is 11.9 Å². The molecule has 1 atom stereocenters. The van der Waals surface area contributed by atoms with Crippen molar-refractivity contribution < 1.29 is 9.00 Å². The highest BCUT2D eigenvalue weighted by Crippen LogP contribution is 2.26. The molecule has 0 radical (unpaired) electrons. The van der Waals surface area contributed by atoms with Crippen LogP contribution in [0.25, 0.3) is 0 Å². The fourth-order valence-electron chi connectivity index (χ4n) is 2.99. The van der Waals surface area contributed by atoms with Gasteiger partial charge in [-0.15, -0.1) is 0 Å². The molecule has 3 nitrogen and oxygen atoms in total. The SMILES string of the molecule is CCC1CCC(NC(=O)c2ccccc2S(=O)CC)CC1. The van der Waals surface area contributed by atoms with Crippen LogP contribution in [-0.2, 0) is 10.8 Å². The van der Waals surface area contributed by atoms with Crippen molar-refractivity contribution in [1.82, 2.24) is 5.32 Å². The van der Waals surface area contributed by atoms with Crippen LogP contribution >= 0.6 is 0 Å². The summed E-state index contributed by atoms with van der Waals surface area (Å²) >= 11 is 0. The molecule has 1 aromatic rings. The van der Waals surface area contributed by atoms with Gasteiger partial charge in [-0.3, -0.25) is 9.00 Å². The maximum Gasteiger partial charge on any atom is 0.252 e. The van der Waals surface area contributed by atoms with Gasteiger partial charge in [-0.1, -0.05) is 32.4 Å². The van der Waals surface area contributed by atoms with Gasteiger partial charge in [0.25, 0.3) is 5.91 Å². The van der Waals surface area contributed by atoms with Crippen LogP contribution in [0.3, 0.4) is 0 Å².